The van der Waals surface area contributed by atoms with E-state index in [2.05, 4.69) is 10.6 Å². The Labute approximate surface area is 214 Å². The lowest BCUT2D eigenvalue weighted by atomic mass is 10.1. The molecule has 0 radical (unpaired) electrons. The number of carbonyl (C=O) groups is 4. The summed E-state index contributed by atoms with van der Waals surface area (Å²) >= 11 is 12.0. The quantitative estimate of drug-likeness (QED) is 0.353. The van der Waals surface area contributed by atoms with E-state index in [1.807, 2.05) is 0 Å². The standard InChI is InChI=1S/C25H16Cl2FN3O5/c26-15-1-8-19(9-2-15)31-24(34)20(23(33)30-25(31)35)12-14-11-16(27)3-10-21(14)36-13-22(32)29-18-6-4-17(28)5-7-18/h1-12H,13H2,(H,29,32)(H,30,33,35)/b20-12-. The zero-order valence-electron chi connectivity index (χ0n) is 18.3. The van der Waals surface area contributed by atoms with Crippen LogP contribution in [0.5, 0.6) is 5.75 Å². The Morgan fingerprint density at radius 3 is 2.33 bits per heavy atom. The average Bonchev–Trinajstić information content (AvgIpc) is 2.84. The van der Waals surface area contributed by atoms with Crippen molar-refractivity contribution in [3.63, 3.8) is 0 Å². The molecule has 0 aromatic heterocycles. The maximum absolute atomic E-state index is 13.1. The number of benzene rings is 3. The number of barbiturate groups is 1. The highest BCUT2D eigenvalue weighted by Crippen LogP contribution is 2.28. The van der Waals surface area contributed by atoms with Crippen molar-refractivity contribution >= 4 is 64.4 Å². The Bertz CT molecular complexity index is 1390. The van der Waals surface area contributed by atoms with E-state index in [0.29, 0.717) is 10.7 Å². The first-order valence-corrected chi connectivity index (χ1v) is 11.1. The molecule has 3 aromatic rings. The van der Waals surface area contributed by atoms with Gasteiger partial charge in [-0.1, -0.05) is 23.2 Å². The molecule has 3 aromatic carbocycles. The first-order valence-electron chi connectivity index (χ1n) is 10.4. The van der Waals surface area contributed by atoms with Gasteiger partial charge in [0, 0.05) is 21.3 Å². The van der Waals surface area contributed by atoms with Gasteiger partial charge in [0.2, 0.25) is 0 Å². The molecule has 1 aliphatic heterocycles. The van der Waals surface area contributed by atoms with Gasteiger partial charge in [0.25, 0.3) is 17.7 Å². The predicted octanol–water partition coefficient (Wildman–Crippen LogP) is 4.82. The van der Waals surface area contributed by atoms with E-state index in [-0.39, 0.29) is 27.6 Å². The zero-order chi connectivity index (χ0) is 25.8. The van der Waals surface area contributed by atoms with E-state index < -0.39 is 36.2 Å². The maximum Gasteiger partial charge on any atom is 0.335 e. The van der Waals surface area contributed by atoms with Crippen LogP contribution in [-0.2, 0) is 14.4 Å². The van der Waals surface area contributed by atoms with Gasteiger partial charge in [0.1, 0.15) is 17.1 Å². The van der Waals surface area contributed by atoms with Gasteiger partial charge >= 0.3 is 6.03 Å². The summed E-state index contributed by atoms with van der Waals surface area (Å²) in [7, 11) is 0. The van der Waals surface area contributed by atoms with Crippen molar-refractivity contribution in [2.75, 3.05) is 16.8 Å². The third-order valence-electron chi connectivity index (χ3n) is 4.94. The summed E-state index contributed by atoms with van der Waals surface area (Å²) < 4.78 is 18.6. The third kappa shape index (κ3) is 5.70. The molecule has 0 aliphatic carbocycles. The van der Waals surface area contributed by atoms with Crippen LogP contribution in [0.3, 0.4) is 0 Å². The van der Waals surface area contributed by atoms with E-state index >= 15 is 0 Å². The van der Waals surface area contributed by atoms with Crippen molar-refractivity contribution in [1.82, 2.24) is 5.32 Å². The Hall–Kier alpha value is -4.21. The van der Waals surface area contributed by atoms with Gasteiger partial charge in [-0.2, -0.15) is 0 Å². The van der Waals surface area contributed by atoms with Gasteiger partial charge in [0.15, 0.2) is 6.61 Å². The van der Waals surface area contributed by atoms with Crippen molar-refractivity contribution in [1.29, 1.82) is 0 Å². The molecule has 4 rings (SSSR count). The van der Waals surface area contributed by atoms with E-state index in [1.165, 1.54) is 72.8 Å². The first kappa shape index (κ1) is 24.9. The predicted molar refractivity (Wildman–Crippen MR) is 132 cm³/mol. The number of nitrogens with zero attached hydrogens (tertiary/aromatic N) is 1. The van der Waals surface area contributed by atoms with Gasteiger partial charge in [-0.3, -0.25) is 19.7 Å². The normalized spacial score (nSPS) is 14.6. The van der Waals surface area contributed by atoms with Crippen LogP contribution in [0.4, 0.5) is 20.6 Å². The second-order valence-corrected chi connectivity index (χ2v) is 8.33. The number of hydrogen-bond acceptors (Lipinski definition) is 5. The van der Waals surface area contributed by atoms with E-state index in [9.17, 15) is 23.6 Å². The summed E-state index contributed by atoms with van der Waals surface area (Å²) in [6.45, 7) is -0.426. The molecular weight excluding hydrogens is 512 g/mol. The Kier molecular flexibility index (Phi) is 7.33. The molecule has 36 heavy (non-hydrogen) atoms. The van der Waals surface area contributed by atoms with Crippen LogP contribution in [0.25, 0.3) is 6.08 Å². The number of nitrogens with one attached hydrogen (secondary N) is 2. The number of imide groups is 2. The van der Waals surface area contributed by atoms with Gasteiger partial charge < -0.3 is 10.1 Å². The second-order valence-electron chi connectivity index (χ2n) is 7.46. The smallest absolute Gasteiger partial charge is 0.335 e. The molecule has 0 saturated carbocycles. The maximum atomic E-state index is 13.1. The fourth-order valence-electron chi connectivity index (χ4n) is 3.27. The topological polar surface area (TPSA) is 105 Å². The Morgan fingerprint density at radius 2 is 1.64 bits per heavy atom. The lowest BCUT2D eigenvalue weighted by molar-refractivity contribution is -0.122. The van der Waals surface area contributed by atoms with Crippen LogP contribution in [0.15, 0.2) is 72.3 Å². The highest BCUT2D eigenvalue weighted by molar-refractivity contribution is 6.39. The number of urea groups is 1. The van der Waals surface area contributed by atoms with Crippen molar-refractivity contribution < 1.29 is 28.3 Å². The summed E-state index contributed by atoms with van der Waals surface area (Å²) in [6.07, 6.45) is 1.21. The number of ether oxygens (including phenoxy) is 1. The Morgan fingerprint density at radius 1 is 0.972 bits per heavy atom. The summed E-state index contributed by atoms with van der Waals surface area (Å²) in [6, 6.07) is 14.6. The van der Waals surface area contributed by atoms with Crippen molar-refractivity contribution in [2.24, 2.45) is 0 Å². The monoisotopic (exact) mass is 527 g/mol. The van der Waals surface area contributed by atoms with Crippen molar-refractivity contribution in [3.8, 4) is 5.75 Å². The van der Waals surface area contributed by atoms with E-state index in [1.54, 1.807) is 0 Å². The van der Waals surface area contributed by atoms with Gasteiger partial charge in [-0.15, -0.1) is 0 Å². The van der Waals surface area contributed by atoms with Crippen LogP contribution in [-0.4, -0.2) is 30.4 Å². The first-order chi connectivity index (χ1) is 17.2. The van der Waals surface area contributed by atoms with Crippen LogP contribution in [0.2, 0.25) is 10.0 Å². The summed E-state index contributed by atoms with van der Waals surface area (Å²) in [5, 5.41) is 5.35. The summed E-state index contributed by atoms with van der Waals surface area (Å²) in [5.74, 6) is -2.60. The average molecular weight is 528 g/mol. The lowest BCUT2D eigenvalue weighted by Gasteiger charge is -2.26. The molecule has 1 heterocycles. The highest BCUT2D eigenvalue weighted by atomic mass is 35.5. The molecule has 1 aliphatic rings. The molecule has 2 N–H and O–H groups in total. The van der Waals surface area contributed by atoms with E-state index in [4.69, 9.17) is 27.9 Å². The molecule has 0 atom stereocenters. The van der Waals surface area contributed by atoms with Crippen molar-refractivity contribution in [2.45, 2.75) is 0 Å². The highest BCUT2D eigenvalue weighted by Gasteiger charge is 2.37. The summed E-state index contributed by atoms with van der Waals surface area (Å²) in [5.41, 5.74) is 0.452. The number of rotatable bonds is 6. The van der Waals surface area contributed by atoms with Gasteiger partial charge in [0.05, 0.1) is 5.69 Å². The number of anilines is 2. The van der Waals surface area contributed by atoms with Gasteiger partial charge in [-0.25, -0.2) is 14.1 Å². The number of amides is 5. The number of halogens is 3. The third-order valence-corrected chi connectivity index (χ3v) is 5.43. The second kappa shape index (κ2) is 10.6. The molecule has 0 bridgehead atoms. The summed E-state index contributed by atoms with van der Waals surface area (Å²) in [4.78, 5) is 51.0. The van der Waals surface area contributed by atoms with Crippen LogP contribution in [0, 0.1) is 5.82 Å². The lowest BCUT2D eigenvalue weighted by Crippen LogP contribution is -2.54. The van der Waals surface area contributed by atoms with Crippen LogP contribution < -0.4 is 20.3 Å². The zero-order valence-corrected chi connectivity index (χ0v) is 19.8. The van der Waals surface area contributed by atoms with Gasteiger partial charge in [-0.05, 0) is 72.8 Å². The molecule has 11 heteroatoms. The number of hydrogen-bond donors (Lipinski definition) is 2. The molecule has 0 spiro atoms. The van der Waals surface area contributed by atoms with Crippen LogP contribution in [0.1, 0.15) is 5.56 Å². The Balaban J connectivity index is 1.57. The molecule has 1 fully saturated rings. The molecule has 1 saturated heterocycles. The fourth-order valence-corrected chi connectivity index (χ4v) is 3.58. The minimum Gasteiger partial charge on any atom is -0.483 e. The van der Waals surface area contributed by atoms with Crippen molar-refractivity contribution in [3.05, 3.63) is 93.7 Å². The molecule has 0 unspecified atom stereocenters. The SMILES string of the molecule is O=C(COc1ccc(Cl)cc1/C=C1/C(=O)NC(=O)N(c2ccc(Cl)cc2)C1=O)Nc1ccc(F)cc1. The van der Waals surface area contributed by atoms with E-state index in [0.717, 1.165) is 4.90 Å². The number of carbonyl (C=O) groups excluding carboxylic acids is 4. The van der Waals surface area contributed by atoms with Crippen LogP contribution >= 0.6 is 23.2 Å². The minimum absolute atomic E-state index is 0.150. The largest absolute Gasteiger partial charge is 0.483 e. The molecular formula is C25H16Cl2FN3O5. The molecule has 182 valence electrons. The molecule has 8 nitrogen and oxygen atoms in total. The minimum atomic E-state index is -0.912. The molecule has 5 amide bonds. The fraction of sp³-hybridized carbons (Fsp3) is 0.0400.